The van der Waals surface area contributed by atoms with Crippen LogP contribution in [0.15, 0.2) is 18.2 Å². The lowest BCUT2D eigenvalue weighted by Crippen LogP contribution is -2.36. The first-order valence-electron chi connectivity index (χ1n) is 6.14. The zero-order valence-electron chi connectivity index (χ0n) is 11.6. The molecule has 0 aromatic heterocycles. The maximum atomic E-state index is 12.1. The molecule has 0 fully saturated rings. The third kappa shape index (κ3) is 3.43. The third-order valence-corrected chi connectivity index (χ3v) is 3.09. The van der Waals surface area contributed by atoms with Gasteiger partial charge in [-0.3, -0.25) is 14.9 Å². The molecule has 1 aromatic carbocycles. The van der Waals surface area contributed by atoms with Crippen molar-refractivity contribution in [2.24, 2.45) is 5.92 Å². The topological polar surface area (TPSA) is 84.3 Å². The minimum Gasteiger partial charge on any atom is -0.383 e. The lowest BCUT2D eigenvalue weighted by Gasteiger charge is -2.17. The highest BCUT2D eigenvalue weighted by Gasteiger charge is 2.25. The van der Waals surface area contributed by atoms with Crippen LogP contribution < -0.4 is 10.6 Å². The van der Waals surface area contributed by atoms with Crippen molar-refractivity contribution in [1.29, 1.82) is 0 Å². The molecular weight excluding hydrogens is 246 g/mol. The van der Waals surface area contributed by atoms with Gasteiger partial charge in [-0.1, -0.05) is 19.9 Å². The molecule has 1 aromatic rings. The van der Waals surface area contributed by atoms with E-state index >= 15 is 0 Å². The van der Waals surface area contributed by atoms with Crippen molar-refractivity contribution >= 4 is 17.3 Å². The molecule has 0 radical (unpaired) electrons. The summed E-state index contributed by atoms with van der Waals surface area (Å²) in [4.78, 5) is 22.7. The molecule has 0 saturated heterocycles. The number of nitrogens with one attached hydrogen (secondary N) is 2. The molecule has 19 heavy (non-hydrogen) atoms. The predicted octanol–water partition coefficient (Wildman–Crippen LogP) is 2.41. The number of anilines is 1. The summed E-state index contributed by atoms with van der Waals surface area (Å²) in [5, 5.41) is 16.6. The summed E-state index contributed by atoms with van der Waals surface area (Å²) in [5.41, 5.74) is 0.206. The number of benzene rings is 1. The van der Waals surface area contributed by atoms with Gasteiger partial charge in [0.2, 0.25) is 0 Å². The Labute approximate surface area is 112 Å². The van der Waals surface area contributed by atoms with E-state index in [9.17, 15) is 14.9 Å². The van der Waals surface area contributed by atoms with Gasteiger partial charge in [-0.15, -0.1) is 0 Å². The van der Waals surface area contributed by atoms with Gasteiger partial charge >= 0.3 is 5.69 Å². The molecule has 1 amide bonds. The highest BCUT2D eigenvalue weighted by atomic mass is 16.6. The van der Waals surface area contributed by atoms with Crippen LogP contribution in [0.5, 0.6) is 0 Å². The number of carbonyl (C=O) groups excluding carboxylic acids is 1. The van der Waals surface area contributed by atoms with E-state index in [1.54, 1.807) is 19.2 Å². The van der Waals surface area contributed by atoms with Crippen LogP contribution in [0.4, 0.5) is 11.4 Å². The minimum atomic E-state index is -0.541. The Morgan fingerprint density at radius 1 is 1.32 bits per heavy atom. The van der Waals surface area contributed by atoms with Crippen molar-refractivity contribution in [3.8, 4) is 0 Å². The molecule has 0 spiro atoms. The molecule has 0 heterocycles. The van der Waals surface area contributed by atoms with Crippen LogP contribution in [0.2, 0.25) is 0 Å². The van der Waals surface area contributed by atoms with E-state index in [2.05, 4.69) is 10.6 Å². The normalized spacial score (nSPS) is 12.1. The zero-order chi connectivity index (χ0) is 14.6. The van der Waals surface area contributed by atoms with E-state index in [1.807, 2.05) is 20.8 Å². The van der Waals surface area contributed by atoms with Crippen LogP contribution in [0.3, 0.4) is 0 Å². The van der Waals surface area contributed by atoms with Gasteiger partial charge in [-0.25, -0.2) is 0 Å². The Balaban J connectivity index is 3.13. The van der Waals surface area contributed by atoms with Crippen molar-refractivity contribution in [3.63, 3.8) is 0 Å². The van der Waals surface area contributed by atoms with Crippen LogP contribution in [0.1, 0.15) is 31.1 Å². The van der Waals surface area contributed by atoms with Crippen molar-refractivity contribution in [3.05, 3.63) is 33.9 Å². The van der Waals surface area contributed by atoms with Gasteiger partial charge in [-0.2, -0.15) is 0 Å². The standard InChI is InChI=1S/C13H19N3O3/c1-8(2)9(3)15-13(17)10-6-5-7-11(14-4)12(10)16(18)19/h5-9,14H,1-4H3,(H,15,17). The second-order valence-electron chi connectivity index (χ2n) is 4.72. The van der Waals surface area contributed by atoms with E-state index in [0.29, 0.717) is 5.69 Å². The first-order chi connectivity index (χ1) is 8.88. The SMILES string of the molecule is CNc1cccc(C(=O)NC(C)C(C)C)c1[N+](=O)[O-]. The molecule has 0 aliphatic carbocycles. The summed E-state index contributed by atoms with van der Waals surface area (Å²) >= 11 is 0. The number of hydrogen-bond acceptors (Lipinski definition) is 4. The third-order valence-electron chi connectivity index (χ3n) is 3.09. The highest BCUT2D eigenvalue weighted by molar-refractivity contribution is 6.00. The Bertz CT molecular complexity index is 486. The minimum absolute atomic E-state index is 0.0506. The number of rotatable bonds is 5. The van der Waals surface area contributed by atoms with Gasteiger partial charge in [0.1, 0.15) is 11.3 Å². The first-order valence-corrected chi connectivity index (χ1v) is 6.14. The summed E-state index contributed by atoms with van der Waals surface area (Å²) in [6.45, 7) is 5.82. The second kappa shape index (κ2) is 6.17. The molecule has 1 unspecified atom stereocenters. The summed E-state index contributed by atoms with van der Waals surface area (Å²) in [6.07, 6.45) is 0. The molecule has 104 valence electrons. The number of nitro benzene ring substituents is 1. The summed E-state index contributed by atoms with van der Waals surface area (Å²) in [7, 11) is 1.58. The Hall–Kier alpha value is -2.11. The van der Waals surface area contributed by atoms with Crippen molar-refractivity contribution in [2.45, 2.75) is 26.8 Å². The lowest BCUT2D eigenvalue weighted by molar-refractivity contribution is -0.384. The fourth-order valence-corrected chi connectivity index (χ4v) is 1.58. The van der Waals surface area contributed by atoms with Crippen molar-refractivity contribution in [1.82, 2.24) is 5.32 Å². The largest absolute Gasteiger partial charge is 0.383 e. The van der Waals surface area contributed by atoms with Crippen molar-refractivity contribution < 1.29 is 9.72 Å². The number of hydrogen-bond donors (Lipinski definition) is 2. The van der Waals surface area contributed by atoms with E-state index in [4.69, 9.17) is 0 Å². The van der Waals surface area contributed by atoms with Gasteiger partial charge in [0.05, 0.1) is 4.92 Å². The molecule has 2 N–H and O–H groups in total. The summed E-state index contributed by atoms with van der Waals surface area (Å²) < 4.78 is 0. The average Bonchev–Trinajstić information content (AvgIpc) is 2.37. The van der Waals surface area contributed by atoms with E-state index in [0.717, 1.165) is 0 Å². The highest BCUT2D eigenvalue weighted by Crippen LogP contribution is 2.28. The maximum absolute atomic E-state index is 12.1. The van der Waals surface area contributed by atoms with E-state index in [-0.39, 0.29) is 23.2 Å². The van der Waals surface area contributed by atoms with Gasteiger partial charge in [0.25, 0.3) is 5.91 Å². The maximum Gasteiger partial charge on any atom is 0.305 e. The Kier molecular flexibility index (Phi) is 4.86. The fourth-order valence-electron chi connectivity index (χ4n) is 1.58. The average molecular weight is 265 g/mol. The number of para-hydroxylation sites is 1. The molecule has 0 saturated carbocycles. The van der Waals surface area contributed by atoms with E-state index < -0.39 is 10.8 Å². The van der Waals surface area contributed by atoms with Crippen LogP contribution in [-0.2, 0) is 0 Å². The zero-order valence-corrected chi connectivity index (χ0v) is 11.6. The molecule has 1 rings (SSSR count). The van der Waals surface area contributed by atoms with Gasteiger partial charge < -0.3 is 10.6 Å². The number of amides is 1. The number of nitro groups is 1. The van der Waals surface area contributed by atoms with Gasteiger partial charge in [0.15, 0.2) is 0 Å². The number of carbonyl (C=O) groups is 1. The molecule has 0 aliphatic heterocycles. The fraction of sp³-hybridized carbons (Fsp3) is 0.462. The van der Waals surface area contributed by atoms with Crippen LogP contribution in [-0.4, -0.2) is 23.9 Å². The molecule has 0 aliphatic rings. The van der Waals surface area contributed by atoms with Gasteiger partial charge in [0, 0.05) is 13.1 Å². The van der Waals surface area contributed by atoms with Crippen LogP contribution in [0, 0.1) is 16.0 Å². The number of nitrogens with zero attached hydrogens (tertiary/aromatic N) is 1. The molecule has 1 atom stereocenters. The van der Waals surface area contributed by atoms with Crippen LogP contribution in [0.25, 0.3) is 0 Å². The molecule has 6 nitrogen and oxygen atoms in total. The lowest BCUT2D eigenvalue weighted by atomic mass is 10.1. The quantitative estimate of drug-likeness (QED) is 0.632. The Morgan fingerprint density at radius 3 is 2.42 bits per heavy atom. The molecular formula is C13H19N3O3. The van der Waals surface area contributed by atoms with E-state index in [1.165, 1.54) is 6.07 Å². The first kappa shape index (κ1) is 14.9. The predicted molar refractivity (Wildman–Crippen MR) is 74.4 cm³/mol. The molecule has 6 heteroatoms. The summed E-state index contributed by atoms with van der Waals surface area (Å²) in [5.74, 6) is -0.166. The molecule has 0 bridgehead atoms. The van der Waals surface area contributed by atoms with Crippen LogP contribution >= 0.6 is 0 Å². The Morgan fingerprint density at radius 2 is 1.95 bits per heavy atom. The van der Waals surface area contributed by atoms with Crippen molar-refractivity contribution in [2.75, 3.05) is 12.4 Å². The monoisotopic (exact) mass is 265 g/mol. The summed E-state index contributed by atoms with van der Waals surface area (Å²) in [6, 6.07) is 4.60. The van der Waals surface area contributed by atoms with Gasteiger partial charge in [-0.05, 0) is 25.0 Å². The second-order valence-corrected chi connectivity index (χ2v) is 4.72. The smallest absolute Gasteiger partial charge is 0.305 e.